The number of carbonyl (C=O) groups is 1. The first-order chi connectivity index (χ1) is 11.5. The highest BCUT2D eigenvalue weighted by atomic mass is 19.1. The minimum atomic E-state index is -0.409. The fraction of sp³-hybridized carbons (Fsp3) is 0.235. The van der Waals surface area contributed by atoms with Gasteiger partial charge in [-0.1, -0.05) is 6.07 Å². The first-order valence-electron chi connectivity index (χ1n) is 7.68. The van der Waals surface area contributed by atoms with E-state index in [1.165, 1.54) is 10.6 Å². The predicted octanol–water partition coefficient (Wildman–Crippen LogP) is 1.67. The zero-order valence-electron chi connectivity index (χ0n) is 13.0. The van der Waals surface area contributed by atoms with Crippen molar-refractivity contribution in [2.24, 2.45) is 0 Å². The second-order valence-corrected chi connectivity index (χ2v) is 5.94. The number of fused-ring (bicyclic) bond motifs is 2. The van der Waals surface area contributed by atoms with E-state index in [0.717, 1.165) is 5.69 Å². The van der Waals surface area contributed by atoms with Crippen LogP contribution in [0.5, 0.6) is 0 Å². The van der Waals surface area contributed by atoms with Gasteiger partial charge < -0.3 is 4.90 Å². The summed E-state index contributed by atoms with van der Waals surface area (Å²) in [7, 11) is 0. The molecule has 0 spiro atoms. The smallest absolute Gasteiger partial charge is 0.277 e. The van der Waals surface area contributed by atoms with E-state index in [1.54, 1.807) is 36.2 Å². The SMILES string of the molecule is Cc1ccc(C(=O)N2CCc3nc4cc[nH]n4c(=O)c3C2)cc1F. The average Bonchev–Trinajstić information content (AvgIpc) is 3.05. The first-order valence-corrected chi connectivity index (χ1v) is 7.68. The summed E-state index contributed by atoms with van der Waals surface area (Å²) in [6.07, 6.45) is 2.15. The molecule has 2 aromatic heterocycles. The van der Waals surface area contributed by atoms with Crippen LogP contribution in [0, 0.1) is 12.7 Å². The second kappa shape index (κ2) is 5.30. The van der Waals surface area contributed by atoms with Crippen molar-refractivity contribution in [2.45, 2.75) is 19.9 Å². The lowest BCUT2D eigenvalue weighted by atomic mass is 10.0. The van der Waals surface area contributed by atoms with Crippen molar-refractivity contribution in [2.75, 3.05) is 6.54 Å². The molecule has 122 valence electrons. The lowest BCUT2D eigenvalue weighted by Crippen LogP contribution is -2.40. The molecule has 0 radical (unpaired) electrons. The summed E-state index contributed by atoms with van der Waals surface area (Å²) >= 11 is 0. The van der Waals surface area contributed by atoms with Crippen LogP contribution in [-0.2, 0) is 13.0 Å². The maximum absolute atomic E-state index is 13.7. The highest BCUT2D eigenvalue weighted by Gasteiger charge is 2.26. The fourth-order valence-corrected chi connectivity index (χ4v) is 3.00. The number of halogens is 1. The molecule has 4 rings (SSSR count). The van der Waals surface area contributed by atoms with Gasteiger partial charge >= 0.3 is 0 Å². The molecule has 0 bridgehead atoms. The summed E-state index contributed by atoms with van der Waals surface area (Å²) in [5.74, 6) is -0.691. The molecule has 3 aromatic rings. The van der Waals surface area contributed by atoms with Crippen LogP contribution in [0.2, 0.25) is 0 Å². The number of carbonyl (C=O) groups excluding carboxylic acids is 1. The zero-order valence-corrected chi connectivity index (χ0v) is 13.0. The van der Waals surface area contributed by atoms with Gasteiger partial charge in [-0.05, 0) is 24.6 Å². The Bertz CT molecular complexity index is 1020. The molecule has 0 aliphatic carbocycles. The standard InChI is InChI=1S/C17H15FN4O2/c1-10-2-3-11(8-13(10)18)16(23)21-7-5-14-12(9-21)17(24)22-15(20-14)4-6-19-22/h2-4,6,8,19H,5,7,9H2,1H3. The molecule has 1 aliphatic rings. The van der Waals surface area contributed by atoms with Crippen LogP contribution in [0.15, 0.2) is 35.3 Å². The Hall–Kier alpha value is -2.96. The Morgan fingerprint density at radius 2 is 2.17 bits per heavy atom. The van der Waals surface area contributed by atoms with Gasteiger partial charge in [-0.2, -0.15) is 0 Å². The minimum absolute atomic E-state index is 0.178. The molecule has 3 heterocycles. The Morgan fingerprint density at radius 3 is 2.96 bits per heavy atom. The average molecular weight is 326 g/mol. The highest BCUT2D eigenvalue weighted by Crippen LogP contribution is 2.18. The summed E-state index contributed by atoms with van der Waals surface area (Å²) < 4.78 is 15.1. The van der Waals surface area contributed by atoms with Crippen molar-refractivity contribution in [3.63, 3.8) is 0 Å². The van der Waals surface area contributed by atoms with E-state index in [9.17, 15) is 14.0 Å². The van der Waals surface area contributed by atoms with Crippen LogP contribution in [0.4, 0.5) is 4.39 Å². The molecule has 0 fully saturated rings. The largest absolute Gasteiger partial charge is 0.334 e. The predicted molar refractivity (Wildman–Crippen MR) is 85.4 cm³/mol. The lowest BCUT2D eigenvalue weighted by molar-refractivity contribution is 0.0732. The normalized spacial score (nSPS) is 14.0. The van der Waals surface area contributed by atoms with Gasteiger partial charge in [0.05, 0.1) is 17.8 Å². The van der Waals surface area contributed by atoms with Gasteiger partial charge in [0, 0.05) is 30.8 Å². The van der Waals surface area contributed by atoms with E-state index < -0.39 is 5.82 Å². The van der Waals surface area contributed by atoms with Gasteiger partial charge in [-0.15, -0.1) is 0 Å². The van der Waals surface area contributed by atoms with E-state index in [2.05, 4.69) is 10.1 Å². The summed E-state index contributed by atoms with van der Waals surface area (Å²) in [4.78, 5) is 31.2. The Kier molecular flexibility index (Phi) is 3.23. The third kappa shape index (κ3) is 2.20. The zero-order chi connectivity index (χ0) is 16.8. The van der Waals surface area contributed by atoms with Gasteiger partial charge in [-0.3, -0.25) is 14.7 Å². The molecule has 0 atom stereocenters. The van der Waals surface area contributed by atoms with Crippen LogP contribution in [0.3, 0.4) is 0 Å². The molecule has 0 unspecified atom stereocenters. The highest BCUT2D eigenvalue weighted by molar-refractivity contribution is 5.94. The third-order valence-corrected chi connectivity index (χ3v) is 4.40. The molecule has 1 N–H and O–H groups in total. The van der Waals surface area contributed by atoms with E-state index in [1.807, 2.05) is 0 Å². The monoisotopic (exact) mass is 326 g/mol. The molecule has 0 saturated heterocycles. The molecule has 1 aromatic carbocycles. The van der Waals surface area contributed by atoms with Crippen LogP contribution in [0.25, 0.3) is 5.65 Å². The fourth-order valence-electron chi connectivity index (χ4n) is 3.00. The number of nitrogens with zero attached hydrogens (tertiary/aromatic N) is 3. The van der Waals surface area contributed by atoms with Crippen molar-refractivity contribution >= 4 is 11.6 Å². The number of benzene rings is 1. The van der Waals surface area contributed by atoms with Crippen LogP contribution in [-0.4, -0.2) is 31.9 Å². The Balaban J connectivity index is 1.69. The molecule has 0 saturated carbocycles. The Labute approximate surface area is 136 Å². The molecule has 1 amide bonds. The Morgan fingerprint density at radius 1 is 1.33 bits per heavy atom. The van der Waals surface area contributed by atoms with Crippen molar-refractivity contribution < 1.29 is 9.18 Å². The van der Waals surface area contributed by atoms with E-state index in [4.69, 9.17) is 0 Å². The number of nitrogens with one attached hydrogen (secondary N) is 1. The van der Waals surface area contributed by atoms with E-state index in [-0.39, 0.29) is 23.6 Å². The van der Waals surface area contributed by atoms with Gasteiger partial charge in [0.1, 0.15) is 5.82 Å². The van der Waals surface area contributed by atoms with Crippen molar-refractivity contribution in [3.05, 3.63) is 69.0 Å². The van der Waals surface area contributed by atoms with Crippen LogP contribution in [0.1, 0.15) is 27.2 Å². The van der Waals surface area contributed by atoms with Gasteiger partial charge in [-0.25, -0.2) is 13.9 Å². The number of aromatic amines is 1. The summed E-state index contributed by atoms with van der Waals surface area (Å²) in [6, 6.07) is 6.16. The first kappa shape index (κ1) is 14.6. The third-order valence-electron chi connectivity index (χ3n) is 4.40. The molecule has 1 aliphatic heterocycles. The topological polar surface area (TPSA) is 70.5 Å². The number of hydrogen-bond acceptors (Lipinski definition) is 3. The quantitative estimate of drug-likeness (QED) is 0.739. The second-order valence-electron chi connectivity index (χ2n) is 5.94. The summed E-state index contributed by atoms with van der Waals surface area (Å²) in [6.45, 7) is 2.28. The lowest BCUT2D eigenvalue weighted by Gasteiger charge is -2.27. The van der Waals surface area contributed by atoms with Crippen molar-refractivity contribution in [1.29, 1.82) is 0 Å². The van der Waals surface area contributed by atoms with Crippen LogP contribution >= 0.6 is 0 Å². The van der Waals surface area contributed by atoms with Crippen molar-refractivity contribution in [3.8, 4) is 0 Å². The summed E-state index contributed by atoms with van der Waals surface area (Å²) in [5.41, 5.74) is 2.37. The number of aryl methyl sites for hydroxylation is 1. The molecule has 6 nitrogen and oxygen atoms in total. The molecule has 7 heteroatoms. The van der Waals surface area contributed by atoms with E-state index >= 15 is 0 Å². The number of rotatable bonds is 1. The van der Waals surface area contributed by atoms with E-state index in [0.29, 0.717) is 29.7 Å². The van der Waals surface area contributed by atoms with Gasteiger partial charge in [0.25, 0.3) is 11.5 Å². The maximum atomic E-state index is 13.7. The van der Waals surface area contributed by atoms with Gasteiger partial charge in [0.2, 0.25) is 0 Å². The number of H-pyrrole nitrogens is 1. The number of hydrogen-bond donors (Lipinski definition) is 1. The molecular formula is C17H15FN4O2. The number of amides is 1. The van der Waals surface area contributed by atoms with Gasteiger partial charge in [0.15, 0.2) is 5.65 Å². The van der Waals surface area contributed by atoms with Crippen molar-refractivity contribution in [1.82, 2.24) is 19.5 Å². The maximum Gasteiger partial charge on any atom is 0.277 e. The number of aromatic nitrogens is 3. The van der Waals surface area contributed by atoms with Crippen LogP contribution < -0.4 is 5.56 Å². The molecule has 24 heavy (non-hydrogen) atoms. The minimum Gasteiger partial charge on any atom is -0.334 e. The molecular weight excluding hydrogens is 311 g/mol. The summed E-state index contributed by atoms with van der Waals surface area (Å²) in [5, 5.41) is 2.82.